The second-order valence-electron chi connectivity index (χ2n) is 4.44. The van der Waals surface area contributed by atoms with Gasteiger partial charge in [0.2, 0.25) is 5.39 Å². The number of nitrogens with one attached hydrogen (secondary N) is 1. The number of hydrogen-bond acceptors (Lipinski definition) is 4. The minimum atomic E-state index is -2.22. The van der Waals surface area contributed by atoms with E-state index in [0.717, 1.165) is 5.56 Å². The molecule has 0 heterocycles. The second-order valence-corrected chi connectivity index (χ2v) is 6.72. The summed E-state index contributed by atoms with van der Waals surface area (Å²) in [6.45, 7) is 1.75. The molecule has 0 spiro atoms. The van der Waals surface area contributed by atoms with Gasteiger partial charge in [-0.25, -0.2) is 0 Å². The minimum absolute atomic E-state index is 0.123. The molecule has 6 nitrogen and oxygen atoms in total. The molecule has 128 valence electrons. The van der Waals surface area contributed by atoms with Crippen LogP contribution >= 0.6 is 34.8 Å². The lowest BCUT2D eigenvalue weighted by atomic mass is 10.1. The molecule has 0 fully saturated rings. The molecule has 9 heteroatoms. The smallest absolute Gasteiger partial charge is 0.466 e. The van der Waals surface area contributed by atoms with Crippen molar-refractivity contribution >= 4 is 46.8 Å². The van der Waals surface area contributed by atoms with E-state index >= 15 is 0 Å². The maximum atomic E-state index is 11.9. The highest BCUT2D eigenvalue weighted by Crippen LogP contribution is 2.27. The van der Waals surface area contributed by atoms with Gasteiger partial charge in [-0.2, -0.15) is 0 Å². The average molecular weight is 392 g/mol. The molecule has 0 saturated carbocycles. The molecular weight excluding hydrogens is 377 g/mol. The van der Waals surface area contributed by atoms with Crippen LogP contribution in [0, 0.1) is 5.39 Å². The minimum Gasteiger partial charge on any atom is -0.475 e. The van der Waals surface area contributed by atoms with Gasteiger partial charge in [0, 0.05) is 0 Å². The Morgan fingerprint density at radius 2 is 2.04 bits per heavy atom. The number of ether oxygens (including phenoxy) is 1. The largest absolute Gasteiger partial charge is 0.475 e. The first kappa shape index (κ1) is 20.1. The number of aliphatic hydroxyl groups is 1. The Kier molecular flexibility index (Phi) is 7.86. The number of amides is 1. The van der Waals surface area contributed by atoms with E-state index in [-0.39, 0.29) is 12.3 Å². The summed E-state index contributed by atoms with van der Waals surface area (Å²) in [6, 6.07) is 8.01. The fourth-order valence-corrected chi connectivity index (χ4v) is 1.81. The molecule has 1 aromatic carbocycles. The summed E-state index contributed by atoms with van der Waals surface area (Å²) in [7, 11) is 0. The summed E-state index contributed by atoms with van der Waals surface area (Å²) in [5, 5.41) is 21.3. The molecule has 1 amide bonds. The summed E-state index contributed by atoms with van der Waals surface area (Å²) in [5.41, 5.74) is 0.463. The summed E-state index contributed by atoms with van der Waals surface area (Å²) in [6.07, 6.45) is 3.08. The Morgan fingerprint density at radius 3 is 2.54 bits per heavy atom. The molecule has 0 aliphatic carbocycles. The van der Waals surface area contributed by atoms with Crippen LogP contribution in [0.2, 0.25) is 0 Å². The van der Waals surface area contributed by atoms with Crippen molar-refractivity contribution < 1.29 is 14.6 Å². The average Bonchev–Trinajstić information content (AvgIpc) is 2.53. The summed E-state index contributed by atoms with van der Waals surface area (Å²) in [4.78, 5) is 14.8. The van der Waals surface area contributed by atoms with E-state index in [1.54, 1.807) is 13.0 Å². The molecular formula is C15H15Cl3N3O3+. The molecule has 1 rings (SSSR count). The van der Waals surface area contributed by atoms with Gasteiger partial charge < -0.3 is 15.2 Å². The molecule has 0 aliphatic rings. The zero-order valence-electron chi connectivity index (χ0n) is 12.6. The molecule has 2 N–H and O–H groups in total. The van der Waals surface area contributed by atoms with Crippen LogP contribution in [0.15, 0.2) is 48.1 Å². The van der Waals surface area contributed by atoms with Crippen molar-refractivity contribution in [1.82, 2.24) is 5.32 Å². The van der Waals surface area contributed by atoms with Crippen molar-refractivity contribution in [2.45, 2.75) is 16.8 Å². The zero-order valence-corrected chi connectivity index (χ0v) is 14.9. The van der Waals surface area contributed by atoms with Gasteiger partial charge in [0.15, 0.2) is 11.0 Å². The molecule has 1 atom stereocenters. The number of carbonyl (C=O) groups excluding carboxylic acids is 1. The van der Waals surface area contributed by atoms with Gasteiger partial charge in [-0.05, 0) is 18.6 Å². The van der Waals surface area contributed by atoms with E-state index in [9.17, 15) is 9.90 Å². The Morgan fingerprint density at radius 1 is 1.42 bits per heavy atom. The Labute approximate surface area is 154 Å². The Bertz CT molecular complexity index is 664. The number of aliphatic hydroxyl groups excluding tert-OH is 1. The second kappa shape index (κ2) is 9.38. The maximum Gasteiger partial charge on any atom is 0.466 e. The molecule has 0 saturated heterocycles. The van der Waals surface area contributed by atoms with Crippen LogP contribution < -0.4 is 5.32 Å². The number of benzene rings is 1. The third-order valence-corrected chi connectivity index (χ3v) is 3.24. The summed E-state index contributed by atoms with van der Waals surface area (Å²) >= 11 is 16.6. The highest BCUT2D eigenvalue weighted by Gasteiger charge is 2.38. The van der Waals surface area contributed by atoms with E-state index in [0.29, 0.717) is 0 Å². The van der Waals surface area contributed by atoms with Crippen LogP contribution in [0.5, 0.6) is 0 Å². The van der Waals surface area contributed by atoms with Gasteiger partial charge in [-0.15, -0.1) is 0 Å². The first-order valence-corrected chi connectivity index (χ1v) is 7.95. The number of diazo groups is 1. The van der Waals surface area contributed by atoms with Crippen molar-refractivity contribution in [3.05, 3.63) is 58.6 Å². The number of nitrogens with zero attached hydrogens (tertiary/aromatic N) is 2. The lowest BCUT2D eigenvalue weighted by Gasteiger charge is -2.14. The predicted octanol–water partition coefficient (Wildman–Crippen LogP) is 4.17. The normalized spacial score (nSPS) is 13.8. The van der Waals surface area contributed by atoms with Gasteiger partial charge in [-0.1, -0.05) is 71.2 Å². The topological polar surface area (TPSA) is 86.7 Å². The van der Waals surface area contributed by atoms with Gasteiger partial charge in [0.1, 0.15) is 0 Å². The summed E-state index contributed by atoms with van der Waals surface area (Å²) < 4.78 is 2.67. The van der Waals surface area contributed by atoms with Crippen molar-refractivity contribution in [3.8, 4) is 0 Å². The number of rotatable bonds is 6. The van der Waals surface area contributed by atoms with Gasteiger partial charge >= 0.3 is 11.6 Å². The van der Waals surface area contributed by atoms with Crippen molar-refractivity contribution in [1.29, 1.82) is 5.39 Å². The fourth-order valence-electron chi connectivity index (χ4n) is 1.65. The van der Waals surface area contributed by atoms with Gasteiger partial charge in [-0.3, -0.25) is 4.79 Å². The molecule has 0 aromatic heterocycles. The van der Waals surface area contributed by atoms with Gasteiger partial charge in [0.25, 0.3) is 9.70 Å². The van der Waals surface area contributed by atoms with Crippen molar-refractivity contribution in [3.63, 3.8) is 0 Å². The third kappa shape index (κ3) is 6.28. The SMILES string of the molecule is CCO/C(O)=C(\[N+]#N)C(/C=C/c1ccccc1)NC(=O)C(Cl)(Cl)Cl. The molecule has 1 unspecified atom stereocenters. The van der Waals surface area contributed by atoms with Crippen LogP contribution in [0.1, 0.15) is 12.5 Å². The van der Waals surface area contributed by atoms with E-state index in [1.165, 1.54) is 6.08 Å². The van der Waals surface area contributed by atoms with E-state index in [4.69, 9.17) is 44.9 Å². The third-order valence-electron chi connectivity index (χ3n) is 2.73. The first-order chi connectivity index (χ1) is 11.3. The van der Waals surface area contributed by atoms with E-state index < -0.39 is 21.7 Å². The molecule has 0 radical (unpaired) electrons. The Hall–Kier alpha value is -1.94. The maximum absolute atomic E-state index is 11.9. The molecule has 0 aliphatic heterocycles. The molecule has 24 heavy (non-hydrogen) atoms. The van der Waals surface area contributed by atoms with Gasteiger partial charge in [0.05, 0.1) is 6.61 Å². The molecule has 1 aromatic rings. The van der Waals surface area contributed by atoms with Crippen molar-refractivity contribution in [2.24, 2.45) is 0 Å². The first-order valence-electron chi connectivity index (χ1n) is 6.81. The monoisotopic (exact) mass is 390 g/mol. The zero-order chi connectivity index (χ0) is 18.2. The number of alkyl halides is 3. The van der Waals surface area contributed by atoms with Crippen LogP contribution in [0.4, 0.5) is 0 Å². The highest BCUT2D eigenvalue weighted by atomic mass is 35.6. The number of carbonyl (C=O) groups is 1. The highest BCUT2D eigenvalue weighted by molar-refractivity contribution is 6.76. The standard InChI is InChI=1S/C15H14Cl3N3O3/c1-2-24-13(22)12(21-19)11(20-14(23)15(16,17)18)9-8-10-6-4-3-5-7-10/h3-9,11H,2H2,1H3,(H-,20,22,23)/p+1/b9-8+,13-12-. The Balaban J connectivity index is 3.16. The summed E-state index contributed by atoms with van der Waals surface area (Å²) in [5.74, 6) is -1.62. The number of hydrogen-bond donors (Lipinski definition) is 2. The van der Waals surface area contributed by atoms with Crippen LogP contribution in [-0.4, -0.2) is 27.5 Å². The lowest BCUT2D eigenvalue weighted by Crippen LogP contribution is -2.41. The fraction of sp³-hybridized carbons (Fsp3) is 0.267. The van der Waals surface area contributed by atoms with E-state index in [1.807, 2.05) is 30.3 Å². The quantitative estimate of drug-likeness (QED) is 0.433. The van der Waals surface area contributed by atoms with Crippen LogP contribution in [-0.2, 0) is 9.53 Å². The molecule has 0 bridgehead atoms. The van der Waals surface area contributed by atoms with Crippen molar-refractivity contribution in [2.75, 3.05) is 6.61 Å². The predicted molar refractivity (Wildman–Crippen MR) is 94.1 cm³/mol. The van der Waals surface area contributed by atoms with E-state index in [2.05, 4.69) is 10.3 Å². The number of halogens is 3. The van der Waals surface area contributed by atoms with Crippen LogP contribution in [0.3, 0.4) is 0 Å². The lowest BCUT2D eigenvalue weighted by molar-refractivity contribution is -0.120. The van der Waals surface area contributed by atoms with Crippen LogP contribution in [0.25, 0.3) is 11.1 Å².